The first-order valence-electron chi connectivity index (χ1n) is 6.64. The Bertz CT molecular complexity index is 629. The van der Waals surface area contributed by atoms with Crippen molar-refractivity contribution in [2.45, 2.75) is 6.92 Å². The van der Waals surface area contributed by atoms with Crippen LogP contribution in [0.15, 0.2) is 36.7 Å². The highest BCUT2D eigenvalue weighted by molar-refractivity contribution is 5.96. The number of carbonyl (C=O) groups is 1. The molecule has 0 unspecified atom stereocenters. The molecule has 0 aliphatic rings. The number of nitrogens with one attached hydrogen (secondary N) is 1. The number of aromatic nitrogens is 2. The van der Waals surface area contributed by atoms with Crippen molar-refractivity contribution in [1.29, 1.82) is 0 Å². The molecule has 0 bridgehead atoms. The normalized spacial score (nSPS) is 10.0. The molecule has 2 rings (SSSR count). The molecule has 0 saturated carbocycles. The number of hydrogen-bond donors (Lipinski definition) is 1. The summed E-state index contributed by atoms with van der Waals surface area (Å²) in [4.78, 5) is 22.1. The number of rotatable bonds is 5. The third kappa shape index (κ3) is 3.68. The molecule has 0 fully saturated rings. The first-order valence-corrected chi connectivity index (χ1v) is 6.64. The van der Waals surface area contributed by atoms with Crippen LogP contribution in [-0.2, 0) is 4.74 Å². The molecule has 0 saturated heterocycles. The van der Waals surface area contributed by atoms with E-state index in [-0.39, 0.29) is 5.97 Å². The zero-order valence-corrected chi connectivity index (χ0v) is 12.3. The molecule has 6 nitrogen and oxygen atoms in total. The van der Waals surface area contributed by atoms with E-state index < -0.39 is 0 Å². The second-order valence-electron chi connectivity index (χ2n) is 4.55. The van der Waals surface area contributed by atoms with E-state index in [1.165, 1.54) is 6.33 Å². The lowest BCUT2D eigenvalue weighted by Gasteiger charge is -2.14. The average molecular weight is 286 g/mol. The van der Waals surface area contributed by atoms with Crippen molar-refractivity contribution < 1.29 is 9.53 Å². The van der Waals surface area contributed by atoms with Gasteiger partial charge in [0, 0.05) is 20.2 Å². The predicted octanol–water partition coefficient (Wildman–Crippen LogP) is 2.46. The van der Waals surface area contributed by atoms with E-state index in [9.17, 15) is 4.79 Å². The molecular formula is C15H18N4O2. The maximum Gasteiger partial charge on any atom is 0.340 e. The molecule has 1 heterocycles. The Hall–Kier alpha value is -2.63. The Balaban J connectivity index is 2.27. The van der Waals surface area contributed by atoms with Crippen molar-refractivity contribution >= 4 is 23.3 Å². The van der Waals surface area contributed by atoms with Crippen LogP contribution < -0.4 is 10.2 Å². The number of hydrogen-bond acceptors (Lipinski definition) is 6. The summed E-state index contributed by atoms with van der Waals surface area (Å²) in [7, 11) is 3.80. The second kappa shape index (κ2) is 6.69. The number of ether oxygens (including phenoxy) is 1. The maximum atomic E-state index is 11.9. The summed E-state index contributed by atoms with van der Waals surface area (Å²) < 4.78 is 5.05. The Kier molecular flexibility index (Phi) is 4.71. The SMILES string of the molecule is CCOC(=O)c1ccccc1Nc1cc(N(C)C)ncn1. The lowest BCUT2D eigenvalue weighted by atomic mass is 10.2. The van der Waals surface area contributed by atoms with Gasteiger partial charge in [0.25, 0.3) is 0 Å². The fraction of sp³-hybridized carbons (Fsp3) is 0.267. The monoisotopic (exact) mass is 286 g/mol. The zero-order valence-electron chi connectivity index (χ0n) is 12.3. The molecule has 1 aromatic heterocycles. The smallest absolute Gasteiger partial charge is 0.340 e. The van der Waals surface area contributed by atoms with Crippen LogP contribution in [0.5, 0.6) is 0 Å². The molecule has 21 heavy (non-hydrogen) atoms. The van der Waals surface area contributed by atoms with Crippen LogP contribution in [0, 0.1) is 0 Å². The molecule has 1 N–H and O–H groups in total. The Morgan fingerprint density at radius 3 is 2.76 bits per heavy atom. The summed E-state index contributed by atoms with van der Waals surface area (Å²) in [6.07, 6.45) is 1.48. The number of anilines is 3. The average Bonchev–Trinajstić information content (AvgIpc) is 2.48. The molecule has 6 heteroatoms. The third-order valence-corrected chi connectivity index (χ3v) is 2.80. The summed E-state index contributed by atoms with van der Waals surface area (Å²) in [6, 6.07) is 8.97. The van der Waals surface area contributed by atoms with Gasteiger partial charge in [-0.3, -0.25) is 0 Å². The molecule has 0 radical (unpaired) electrons. The van der Waals surface area contributed by atoms with Crippen molar-refractivity contribution in [3.63, 3.8) is 0 Å². The van der Waals surface area contributed by atoms with Gasteiger partial charge in [0.15, 0.2) is 0 Å². The van der Waals surface area contributed by atoms with E-state index in [1.54, 1.807) is 19.1 Å². The minimum atomic E-state index is -0.359. The summed E-state index contributed by atoms with van der Waals surface area (Å²) in [5.74, 6) is 1.04. The van der Waals surface area contributed by atoms with Crippen LogP contribution in [0.25, 0.3) is 0 Å². The molecule has 0 aliphatic heterocycles. The maximum absolute atomic E-state index is 11.9. The van der Waals surface area contributed by atoms with Gasteiger partial charge in [0.2, 0.25) is 0 Å². The summed E-state index contributed by atoms with van der Waals surface area (Å²) in [5.41, 5.74) is 1.13. The number of para-hydroxylation sites is 1. The largest absolute Gasteiger partial charge is 0.462 e. The van der Waals surface area contributed by atoms with Crippen LogP contribution in [0.1, 0.15) is 17.3 Å². The summed E-state index contributed by atoms with van der Waals surface area (Å²) in [6.45, 7) is 2.12. The van der Waals surface area contributed by atoms with E-state index >= 15 is 0 Å². The van der Waals surface area contributed by atoms with E-state index in [0.717, 1.165) is 5.82 Å². The second-order valence-corrected chi connectivity index (χ2v) is 4.55. The van der Waals surface area contributed by atoms with E-state index in [4.69, 9.17) is 4.74 Å². The first-order chi connectivity index (χ1) is 10.1. The van der Waals surface area contributed by atoms with Crippen LogP contribution >= 0.6 is 0 Å². The lowest BCUT2D eigenvalue weighted by molar-refractivity contribution is 0.0527. The zero-order chi connectivity index (χ0) is 15.2. The molecule has 2 aromatic rings. The number of benzene rings is 1. The Morgan fingerprint density at radius 1 is 1.29 bits per heavy atom. The quantitative estimate of drug-likeness (QED) is 0.852. The van der Waals surface area contributed by atoms with Crippen molar-refractivity contribution in [2.24, 2.45) is 0 Å². The minimum absolute atomic E-state index is 0.339. The lowest BCUT2D eigenvalue weighted by Crippen LogP contribution is -2.12. The van der Waals surface area contributed by atoms with Crippen molar-refractivity contribution in [3.05, 3.63) is 42.2 Å². The predicted molar refractivity (Wildman–Crippen MR) is 82.0 cm³/mol. The van der Waals surface area contributed by atoms with Gasteiger partial charge in [-0.1, -0.05) is 12.1 Å². The molecule has 0 atom stereocenters. The van der Waals surface area contributed by atoms with Gasteiger partial charge in [0.05, 0.1) is 17.9 Å². The number of esters is 1. The standard InChI is InChI=1S/C15H18N4O2/c1-4-21-15(20)11-7-5-6-8-12(11)18-13-9-14(19(2)3)17-10-16-13/h5-10H,4H2,1-3H3,(H,16,17,18). The first kappa shape index (κ1) is 14.8. The molecule has 110 valence electrons. The highest BCUT2D eigenvalue weighted by atomic mass is 16.5. The molecule has 1 aromatic carbocycles. The third-order valence-electron chi connectivity index (χ3n) is 2.80. The van der Waals surface area contributed by atoms with Gasteiger partial charge in [-0.25, -0.2) is 14.8 Å². The summed E-state index contributed by atoms with van der Waals surface area (Å²) >= 11 is 0. The molecular weight excluding hydrogens is 268 g/mol. The van der Waals surface area contributed by atoms with E-state index in [0.29, 0.717) is 23.7 Å². The van der Waals surface area contributed by atoms with Gasteiger partial charge in [-0.2, -0.15) is 0 Å². The Morgan fingerprint density at radius 2 is 2.05 bits per heavy atom. The Labute approximate surface area is 123 Å². The molecule has 0 spiro atoms. The van der Waals surface area contributed by atoms with Gasteiger partial charge < -0.3 is 15.0 Å². The molecule has 0 amide bonds. The highest BCUT2D eigenvalue weighted by Gasteiger charge is 2.12. The topological polar surface area (TPSA) is 67.3 Å². The van der Waals surface area contributed by atoms with E-state index in [1.807, 2.05) is 37.2 Å². The van der Waals surface area contributed by atoms with Gasteiger partial charge in [0.1, 0.15) is 18.0 Å². The van der Waals surface area contributed by atoms with Crippen LogP contribution in [0.2, 0.25) is 0 Å². The van der Waals surface area contributed by atoms with Crippen molar-refractivity contribution in [3.8, 4) is 0 Å². The summed E-state index contributed by atoms with van der Waals surface area (Å²) in [5, 5.41) is 3.13. The fourth-order valence-corrected chi connectivity index (χ4v) is 1.78. The highest BCUT2D eigenvalue weighted by Crippen LogP contribution is 2.21. The molecule has 0 aliphatic carbocycles. The fourth-order valence-electron chi connectivity index (χ4n) is 1.78. The van der Waals surface area contributed by atoms with Crippen LogP contribution in [-0.4, -0.2) is 36.6 Å². The van der Waals surface area contributed by atoms with Crippen molar-refractivity contribution in [1.82, 2.24) is 9.97 Å². The van der Waals surface area contributed by atoms with Crippen LogP contribution in [0.4, 0.5) is 17.3 Å². The van der Waals surface area contributed by atoms with Gasteiger partial charge >= 0.3 is 5.97 Å². The minimum Gasteiger partial charge on any atom is -0.462 e. The van der Waals surface area contributed by atoms with E-state index in [2.05, 4.69) is 15.3 Å². The number of nitrogens with zero attached hydrogens (tertiary/aromatic N) is 3. The van der Waals surface area contributed by atoms with Crippen LogP contribution in [0.3, 0.4) is 0 Å². The van der Waals surface area contributed by atoms with Gasteiger partial charge in [-0.05, 0) is 19.1 Å². The van der Waals surface area contributed by atoms with Crippen molar-refractivity contribution in [2.75, 3.05) is 30.9 Å². The number of carbonyl (C=O) groups excluding carboxylic acids is 1. The van der Waals surface area contributed by atoms with Gasteiger partial charge in [-0.15, -0.1) is 0 Å².